The fourth-order valence-corrected chi connectivity index (χ4v) is 3.17. The van der Waals surface area contributed by atoms with Gasteiger partial charge in [0.2, 0.25) is 5.91 Å². The zero-order valence-electron chi connectivity index (χ0n) is 13.5. The van der Waals surface area contributed by atoms with Gasteiger partial charge >= 0.3 is 0 Å². The number of anilines is 2. The van der Waals surface area contributed by atoms with Crippen LogP contribution in [0.1, 0.15) is 6.92 Å². The van der Waals surface area contributed by atoms with E-state index in [1.807, 2.05) is 30.3 Å². The number of amides is 2. The van der Waals surface area contributed by atoms with E-state index >= 15 is 0 Å². The number of fused-ring (bicyclic) bond motifs is 1. The lowest BCUT2D eigenvalue weighted by Gasteiger charge is -2.30. The van der Waals surface area contributed by atoms with E-state index in [1.165, 1.54) is 11.8 Å². The molecule has 0 radical (unpaired) electrons. The highest BCUT2D eigenvalue weighted by atomic mass is 32.2. The first kappa shape index (κ1) is 16.4. The molecule has 1 N–H and O–H groups in total. The summed E-state index contributed by atoms with van der Waals surface area (Å²) in [4.78, 5) is 26.7. The van der Waals surface area contributed by atoms with E-state index in [2.05, 4.69) is 5.32 Å². The van der Waals surface area contributed by atoms with E-state index in [9.17, 15) is 9.59 Å². The smallest absolute Gasteiger partial charge is 0.267 e. The van der Waals surface area contributed by atoms with Crippen molar-refractivity contribution in [3.63, 3.8) is 0 Å². The molecule has 0 aliphatic carbocycles. The second-order valence-corrected chi connectivity index (χ2v) is 6.54. The molecule has 0 saturated heterocycles. The Bertz CT molecular complexity index is 764. The summed E-state index contributed by atoms with van der Waals surface area (Å²) in [6, 6.07) is 15.1. The highest BCUT2D eigenvalue weighted by Crippen LogP contribution is 2.35. The van der Waals surface area contributed by atoms with Crippen molar-refractivity contribution in [1.29, 1.82) is 0 Å². The Kier molecular flexibility index (Phi) is 4.76. The molecular weight excluding hydrogens is 324 g/mol. The molecule has 5 nitrogen and oxygen atoms in total. The average Bonchev–Trinajstić information content (AvgIpc) is 2.59. The monoisotopic (exact) mass is 342 g/mol. The Morgan fingerprint density at radius 3 is 2.75 bits per heavy atom. The van der Waals surface area contributed by atoms with Crippen LogP contribution in [-0.2, 0) is 9.59 Å². The minimum Gasteiger partial charge on any atom is -0.479 e. The number of nitrogens with one attached hydrogen (secondary N) is 1. The first-order valence-corrected chi connectivity index (χ1v) is 8.59. The largest absolute Gasteiger partial charge is 0.479 e. The number of ether oxygens (including phenoxy) is 1. The maximum Gasteiger partial charge on any atom is 0.267 e. The van der Waals surface area contributed by atoms with Crippen molar-refractivity contribution in [3.05, 3.63) is 48.5 Å². The predicted octanol–water partition coefficient (Wildman–Crippen LogP) is 3.16. The van der Waals surface area contributed by atoms with E-state index in [-0.39, 0.29) is 11.8 Å². The minimum atomic E-state index is -0.495. The lowest BCUT2D eigenvalue weighted by Crippen LogP contribution is -2.42. The molecular formula is C18H18N2O3S. The van der Waals surface area contributed by atoms with Gasteiger partial charge in [-0.25, -0.2) is 0 Å². The maximum absolute atomic E-state index is 12.1. The Morgan fingerprint density at radius 2 is 2.00 bits per heavy atom. The lowest BCUT2D eigenvalue weighted by atomic mass is 10.2. The number of thioether (sulfide) groups is 1. The fourth-order valence-electron chi connectivity index (χ4n) is 2.45. The summed E-state index contributed by atoms with van der Waals surface area (Å²) in [5.41, 5.74) is 1.30. The predicted molar refractivity (Wildman–Crippen MR) is 95.7 cm³/mol. The molecule has 1 aliphatic heterocycles. The summed E-state index contributed by atoms with van der Waals surface area (Å²) < 4.78 is 5.57. The average molecular weight is 342 g/mol. The molecule has 3 rings (SSSR count). The van der Waals surface area contributed by atoms with Crippen molar-refractivity contribution < 1.29 is 14.3 Å². The first-order chi connectivity index (χ1) is 11.5. The Morgan fingerprint density at radius 1 is 1.25 bits per heavy atom. The molecule has 6 heteroatoms. The van der Waals surface area contributed by atoms with Crippen LogP contribution >= 0.6 is 11.8 Å². The number of likely N-dealkylation sites (N-methyl/N-ethyl adjacent to an activating group) is 1. The highest BCUT2D eigenvalue weighted by molar-refractivity contribution is 8.00. The van der Waals surface area contributed by atoms with Gasteiger partial charge in [-0.15, -0.1) is 11.8 Å². The Balaban J connectivity index is 1.66. The third kappa shape index (κ3) is 3.54. The van der Waals surface area contributed by atoms with Crippen LogP contribution in [0.4, 0.5) is 11.4 Å². The van der Waals surface area contributed by atoms with Crippen molar-refractivity contribution >= 4 is 35.0 Å². The number of rotatable bonds is 4. The van der Waals surface area contributed by atoms with Crippen molar-refractivity contribution in [3.8, 4) is 5.75 Å². The number of carbonyl (C=O) groups is 2. The van der Waals surface area contributed by atoms with Gasteiger partial charge in [-0.2, -0.15) is 0 Å². The first-order valence-electron chi connectivity index (χ1n) is 7.60. The third-order valence-electron chi connectivity index (χ3n) is 3.70. The van der Waals surface area contributed by atoms with Gasteiger partial charge in [0.05, 0.1) is 11.4 Å². The normalized spacial score (nSPS) is 16.3. The topological polar surface area (TPSA) is 58.6 Å². The molecule has 2 aromatic carbocycles. The van der Waals surface area contributed by atoms with Crippen LogP contribution in [0.3, 0.4) is 0 Å². The molecule has 1 unspecified atom stereocenters. The maximum atomic E-state index is 12.1. The van der Waals surface area contributed by atoms with Crippen molar-refractivity contribution in [2.75, 3.05) is 23.0 Å². The van der Waals surface area contributed by atoms with E-state index in [0.717, 1.165) is 4.90 Å². The molecule has 0 aromatic heterocycles. The van der Waals surface area contributed by atoms with Gasteiger partial charge in [-0.05, 0) is 37.3 Å². The van der Waals surface area contributed by atoms with Crippen molar-refractivity contribution in [2.45, 2.75) is 17.9 Å². The molecule has 2 aromatic rings. The van der Waals surface area contributed by atoms with Gasteiger partial charge in [0, 0.05) is 17.6 Å². The lowest BCUT2D eigenvalue weighted by molar-refractivity contribution is -0.125. The summed E-state index contributed by atoms with van der Waals surface area (Å²) in [5, 5.41) is 2.86. The second kappa shape index (κ2) is 6.97. The zero-order valence-corrected chi connectivity index (χ0v) is 14.3. The molecule has 2 amide bonds. The van der Waals surface area contributed by atoms with Crippen LogP contribution in [0.2, 0.25) is 0 Å². The Hall–Kier alpha value is -2.47. The van der Waals surface area contributed by atoms with Crippen LogP contribution < -0.4 is 15.0 Å². The molecule has 1 aliphatic rings. The minimum absolute atomic E-state index is 0.0946. The summed E-state index contributed by atoms with van der Waals surface area (Å²) in [7, 11) is 1.71. The van der Waals surface area contributed by atoms with Gasteiger partial charge < -0.3 is 15.0 Å². The molecule has 1 heterocycles. The number of benzene rings is 2. The number of hydrogen-bond donors (Lipinski definition) is 1. The standard InChI is InChI=1S/C18H18N2O3S/c1-12-18(22)20(2)15-10-13(8-9-16(15)23-12)19-17(21)11-24-14-6-4-3-5-7-14/h3-10,12H,11H2,1-2H3,(H,19,21). The van der Waals surface area contributed by atoms with E-state index in [4.69, 9.17) is 4.74 Å². The van der Waals surface area contributed by atoms with E-state index in [1.54, 1.807) is 37.1 Å². The summed E-state index contributed by atoms with van der Waals surface area (Å²) in [6.07, 6.45) is -0.495. The number of carbonyl (C=O) groups excluding carboxylic acids is 2. The van der Waals surface area contributed by atoms with Crippen LogP contribution in [-0.4, -0.2) is 30.7 Å². The van der Waals surface area contributed by atoms with E-state index in [0.29, 0.717) is 22.9 Å². The molecule has 0 spiro atoms. The summed E-state index contributed by atoms with van der Waals surface area (Å²) in [6.45, 7) is 1.72. The molecule has 1 atom stereocenters. The summed E-state index contributed by atoms with van der Waals surface area (Å²) >= 11 is 1.48. The quantitative estimate of drug-likeness (QED) is 0.867. The van der Waals surface area contributed by atoms with Crippen molar-refractivity contribution in [2.24, 2.45) is 0 Å². The molecule has 0 bridgehead atoms. The molecule has 0 fully saturated rings. The number of hydrogen-bond acceptors (Lipinski definition) is 4. The molecule has 124 valence electrons. The van der Waals surface area contributed by atoms with Gasteiger partial charge in [0.25, 0.3) is 5.91 Å². The number of nitrogens with zero attached hydrogens (tertiary/aromatic N) is 1. The fraction of sp³-hybridized carbons (Fsp3) is 0.222. The van der Waals surface area contributed by atoms with Gasteiger partial charge in [-0.3, -0.25) is 9.59 Å². The van der Waals surface area contributed by atoms with Crippen LogP contribution in [0.25, 0.3) is 0 Å². The van der Waals surface area contributed by atoms with Gasteiger partial charge in [0.1, 0.15) is 5.75 Å². The van der Waals surface area contributed by atoms with Gasteiger partial charge in [-0.1, -0.05) is 18.2 Å². The van der Waals surface area contributed by atoms with Crippen LogP contribution in [0.15, 0.2) is 53.4 Å². The molecule has 0 saturated carbocycles. The van der Waals surface area contributed by atoms with E-state index < -0.39 is 6.10 Å². The Labute approximate surface area is 145 Å². The van der Waals surface area contributed by atoms with Gasteiger partial charge in [0.15, 0.2) is 6.10 Å². The highest BCUT2D eigenvalue weighted by Gasteiger charge is 2.28. The summed E-state index contributed by atoms with van der Waals surface area (Å²) in [5.74, 6) is 0.762. The molecule has 24 heavy (non-hydrogen) atoms. The van der Waals surface area contributed by atoms with Crippen LogP contribution in [0.5, 0.6) is 5.75 Å². The second-order valence-electron chi connectivity index (χ2n) is 5.49. The third-order valence-corrected chi connectivity index (χ3v) is 4.71. The SMILES string of the molecule is CC1Oc2ccc(NC(=O)CSc3ccccc3)cc2N(C)C1=O. The van der Waals surface area contributed by atoms with Crippen LogP contribution in [0, 0.1) is 0 Å². The zero-order chi connectivity index (χ0) is 17.1. The van der Waals surface area contributed by atoms with Crippen molar-refractivity contribution in [1.82, 2.24) is 0 Å².